The van der Waals surface area contributed by atoms with E-state index in [1.807, 2.05) is 0 Å². The molecule has 0 fully saturated rings. The molecule has 0 amide bonds. The van der Waals surface area contributed by atoms with E-state index < -0.39 is 23.6 Å². The number of halogens is 4. The van der Waals surface area contributed by atoms with E-state index in [0.717, 1.165) is 12.1 Å². The summed E-state index contributed by atoms with van der Waals surface area (Å²) in [4.78, 5) is 0. The monoisotopic (exact) mass is 286 g/mol. The highest BCUT2D eigenvalue weighted by Crippen LogP contribution is 2.26. The zero-order valence-corrected chi connectivity index (χ0v) is 10.5. The van der Waals surface area contributed by atoms with Crippen molar-refractivity contribution in [1.29, 1.82) is 0 Å². The van der Waals surface area contributed by atoms with Gasteiger partial charge in [-0.3, -0.25) is 0 Å². The van der Waals surface area contributed by atoms with E-state index in [1.165, 1.54) is 18.2 Å². The van der Waals surface area contributed by atoms with Gasteiger partial charge in [-0.2, -0.15) is 0 Å². The molecule has 0 aliphatic carbocycles. The highest BCUT2D eigenvalue weighted by atomic mass is 35.5. The standard InChI is InChI=1S/C14H10ClF3O/c15-10-7-12(17)9(6-13(10)18)14(19)5-8-3-1-2-4-11(8)16/h1-4,6-7,14,19H,5H2. The summed E-state index contributed by atoms with van der Waals surface area (Å²) in [6.07, 6.45) is -1.49. The van der Waals surface area contributed by atoms with Gasteiger partial charge in [0.25, 0.3) is 0 Å². The normalized spacial score (nSPS) is 12.5. The first-order valence-electron chi connectivity index (χ1n) is 5.55. The Morgan fingerprint density at radius 1 is 1.00 bits per heavy atom. The minimum atomic E-state index is -1.34. The fraction of sp³-hybridized carbons (Fsp3) is 0.143. The molecule has 0 saturated carbocycles. The molecule has 0 aliphatic heterocycles. The van der Waals surface area contributed by atoms with Gasteiger partial charge < -0.3 is 5.11 Å². The molecule has 0 saturated heterocycles. The number of benzene rings is 2. The van der Waals surface area contributed by atoms with Crippen molar-refractivity contribution in [2.45, 2.75) is 12.5 Å². The molecule has 5 heteroatoms. The quantitative estimate of drug-likeness (QED) is 0.845. The van der Waals surface area contributed by atoms with Gasteiger partial charge in [0.15, 0.2) is 0 Å². The molecule has 1 atom stereocenters. The molecule has 0 heterocycles. The van der Waals surface area contributed by atoms with Crippen LogP contribution in [0, 0.1) is 17.5 Å². The molecule has 100 valence electrons. The second kappa shape index (κ2) is 5.63. The lowest BCUT2D eigenvalue weighted by Gasteiger charge is -2.13. The van der Waals surface area contributed by atoms with Gasteiger partial charge in [0, 0.05) is 12.0 Å². The summed E-state index contributed by atoms with van der Waals surface area (Å²) in [6, 6.07) is 7.43. The number of rotatable bonds is 3. The van der Waals surface area contributed by atoms with Crippen molar-refractivity contribution in [2.24, 2.45) is 0 Å². The van der Waals surface area contributed by atoms with Crippen molar-refractivity contribution in [3.05, 3.63) is 70.0 Å². The summed E-state index contributed by atoms with van der Waals surface area (Å²) in [5, 5.41) is 9.52. The van der Waals surface area contributed by atoms with Crippen molar-refractivity contribution in [3.8, 4) is 0 Å². The first-order chi connectivity index (χ1) is 8.99. The Balaban J connectivity index is 2.28. The summed E-state index contributed by atoms with van der Waals surface area (Å²) >= 11 is 5.42. The Labute approximate surface area is 113 Å². The first kappa shape index (κ1) is 13.9. The van der Waals surface area contributed by atoms with Crippen LogP contribution >= 0.6 is 11.6 Å². The van der Waals surface area contributed by atoms with E-state index in [0.29, 0.717) is 0 Å². The highest BCUT2D eigenvalue weighted by Gasteiger charge is 2.17. The first-order valence-corrected chi connectivity index (χ1v) is 5.92. The molecule has 0 spiro atoms. The molecule has 2 rings (SSSR count). The smallest absolute Gasteiger partial charge is 0.142 e. The van der Waals surface area contributed by atoms with Crippen LogP contribution in [0.4, 0.5) is 13.2 Å². The van der Waals surface area contributed by atoms with Crippen LogP contribution in [-0.2, 0) is 6.42 Å². The van der Waals surface area contributed by atoms with Crippen LogP contribution < -0.4 is 0 Å². The lowest BCUT2D eigenvalue weighted by molar-refractivity contribution is 0.172. The van der Waals surface area contributed by atoms with Crippen LogP contribution in [0.15, 0.2) is 36.4 Å². The third-order valence-electron chi connectivity index (χ3n) is 2.77. The molecule has 0 aromatic heterocycles. The molecule has 1 nitrogen and oxygen atoms in total. The molecule has 2 aromatic carbocycles. The molecule has 1 N–H and O–H groups in total. The predicted molar refractivity (Wildman–Crippen MR) is 66.4 cm³/mol. The summed E-state index contributed by atoms with van der Waals surface area (Å²) < 4.78 is 40.2. The van der Waals surface area contributed by atoms with Gasteiger partial charge in [-0.25, -0.2) is 13.2 Å². The van der Waals surface area contributed by atoms with Crippen LogP contribution in [0.3, 0.4) is 0 Å². The van der Waals surface area contributed by atoms with Crippen LogP contribution in [0.25, 0.3) is 0 Å². The number of aliphatic hydroxyl groups excluding tert-OH is 1. The molecule has 0 aliphatic rings. The van der Waals surface area contributed by atoms with Crippen LogP contribution in [0.1, 0.15) is 17.2 Å². The van der Waals surface area contributed by atoms with Gasteiger partial charge in [-0.05, 0) is 23.8 Å². The molecule has 0 bridgehead atoms. The van der Waals surface area contributed by atoms with Crippen molar-refractivity contribution in [1.82, 2.24) is 0 Å². The Morgan fingerprint density at radius 3 is 2.37 bits per heavy atom. The van der Waals surface area contributed by atoms with Crippen molar-refractivity contribution >= 4 is 11.6 Å². The second-order valence-corrected chi connectivity index (χ2v) is 4.51. The minimum Gasteiger partial charge on any atom is -0.388 e. The fourth-order valence-corrected chi connectivity index (χ4v) is 1.93. The van der Waals surface area contributed by atoms with Crippen molar-refractivity contribution in [2.75, 3.05) is 0 Å². The lowest BCUT2D eigenvalue weighted by atomic mass is 10.0. The average molecular weight is 287 g/mol. The molecule has 2 aromatic rings. The number of hydrogen-bond acceptors (Lipinski definition) is 1. The van der Waals surface area contributed by atoms with Gasteiger partial charge in [-0.1, -0.05) is 29.8 Å². The maximum atomic E-state index is 13.6. The molecule has 0 radical (unpaired) electrons. The zero-order chi connectivity index (χ0) is 14.0. The average Bonchev–Trinajstić information content (AvgIpc) is 2.36. The lowest BCUT2D eigenvalue weighted by Crippen LogP contribution is -2.06. The predicted octanol–water partition coefficient (Wildman–Crippen LogP) is 4.03. The van der Waals surface area contributed by atoms with Crippen LogP contribution in [0.5, 0.6) is 0 Å². The number of hydrogen-bond donors (Lipinski definition) is 1. The Morgan fingerprint density at radius 2 is 1.68 bits per heavy atom. The van der Waals surface area contributed by atoms with Gasteiger partial charge in [-0.15, -0.1) is 0 Å². The molecule has 19 heavy (non-hydrogen) atoms. The van der Waals surface area contributed by atoms with E-state index in [2.05, 4.69) is 0 Å². The van der Waals surface area contributed by atoms with E-state index in [-0.39, 0.29) is 22.6 Å². The molecular formula is C14H10ClF3O. The van der Waals surface area contributed by atoms with E-state index in [4.69, 9.17) is 11.6 Å². The Kier molecular flexibility index (Phi) is 4.12. The van der Waals surface area contributed by atoms with Crippen LogP contribution in [0.2, 0.25) is 5.02 Å². The minimum absolute atomic E-state index is 0.148. The number of aliphatic hydroxyl groups is 1. The van der Waals surface area contributed by atoms with Crippen molar-refractivity contribution in [3.63, 3.8) is 0 Å². The maximum Gasteiger partial charge on any atom is 0.142 e. The molecule has 1 unspecified atom stereocenters. The van der Waals surface area contributed by atoms with Crippen molar-refractivity contribution < 1.29 is 18.3 Å². The summed E-state index contributed by atoms with van der Waals surface area (Å²) in [5.41, 5.74) is -0.0186. The largest absolute Gasteiger partial charge is 0.388 e. The maximum absolute atomic E-state index is 13.6. The van der Waals surface area contributed by atoms with Gasteiger partial charge >= 0.3 is 0 Å². The summed E-state index contributed by atoms with van der Waals surface area (Å²) in [6.45, 7) is 0. The van der Waals surface area contributed by atoms with E-state index in [1.54, 1.807) is 6.07 Å². The third-order valence-corrected chi connectivity index (χ3v) is 3.06. The SMILES string of the molecule is OC(Cc1ccccc1F)c1cc(F)c(Cl)cc1F. The second-order valence-electron chi connectivity index (χ2n) is 4.10. The van der Waals surface area contributed by atoms with Gasteiger partial charge in [0.05, 0.1) is 11.1 Å². The Bertz CT molecular complexity index is 601. The van der Waals surface area contributed by atoms with Gasteiger partial charge in [0.2, 0.25) is 0 Å². The topological polar surface area (TPSA) is 20.2 Å². The summed E-state index contributed by atoms with van der Waals surface area (Å²) in [5.74, 6) is -2.16. The highest BCUT2D eigenvalue weighted by molar-refractivity contribution is 6.30. The third kappa shape index (κ3) is 3.08. The van der Waals surface area contributed by atoms with Gasteiger partial charge in [0.1, 0.15) is 17.5 Å². The summed E-state index contributed by atoms with van der Waals surface area (Å²) in [7, 11) is 0. The zero-order valence-electron chi connectivity index (χ0n) is 9.71. The van der Waals surface area contributed by atoms with Crippen LogP contribution in [-0.4, -0.2) is 5.11 Å². The fourth-order valence-electron chi connectivity index (χ4n) is 1.78. The van der Waals surface area contributed by atoms with E-state index >= 15 is 0 Å². The van der Waals surface area contributed by atoms with E-state index in [9.17, 15) is 18.3 Å². The Hall–Kier alpha value is -1.52. The molecular weight excluding hydrogens is 277 g/mol.